The Morgan fingerprint density at radius 3 is 2.49 bits per heavy atom. The highest BCUT2D eigenvalue weighted by Gasteiger charge is 2.43. The quantitative estimate of drug-likeness (QED) is 0.603. The number of hydrogen-bond acceptors (Lipinski definition) is 8. The Labute approximate surface area is 205 Å². The van der Waals surface area contributed by atoms with Gasteiger partial charge in [0.05, 0.1) is 23.8 Å². The summed E-state index contributed by atoms with van der Waals surface area (Å²) in [4.78, 5) is 31.5. The van der Waals surface area contributed by atoms with Gasteiger partial charge in [0.2, 0.25) is 11.9 Å². The second-order valence-corrected chi connectivity index (χ2v) is 10.6. The van der Waals surface area contributed by atoms with Crippen molar-refractivity contribution in [1.29, 1.82) is 0 Å². The smallest absolute Gasteiger partial charge is 0.247 e. The van der Waals surface area contributed by atoms with Crippen LogP contribution < -0.4 is 10.2 Å². The van der Waals surface area contributed by atoms with E-state index in [0.29, 0.717) is 29.7 Å². The van der Waals surface area contributed by atoms with Crippen LogP contribution in [-0.2, 0) is 5.41 Å². The molecule has 0 bridgehead atoms. The van der Waals surface area contributed by atoms with Crippen molar-refractivity contribution in [2.24, 2.45) is 0 Å². The lowest BCUT2D eigenvalue weighted by molar-refractivity contribution is 0.0811. The molecule has 0 atom stereocenters. The Bertz CT molecular complexity index is 1220. The zero-order valence-electron chi connectivity index (χ0n) is 20.7. The van der Waals surface area contributed by atoms with Gasteiger partial charge >= 0.3 is 0 Å². The number of fused-ring (bicyclic) bond motifs is 4. The van der Waals surface area contributed by atoms with Gasteiger partial charge in [-0.2, -0.15) is 5.10 Å². The normalized spacial score (nSPS) is 20.5. The van der Waals surface area contributed by atoms with Gasteiger partial charge in [0.1, 0.15) is 16.9 Å². The van der Waals surface area contributed by atoms with Crippen molar-refractivity contribution >= 4 is 34.4 Å². The highest BCUT2D eigenvalue weighted by molar-refractivity contribution is 5.89. The Hall–Kier alpha value is -3.07. The first-order valence-corrected chi connectivity index (χ1v) is 13.0. The molecular weight excluding hydrogens is 440 g/mol. The maximum absolute atomic E-state index is 12.7. The lowest BCUT2D eigenvalue weighted by atomic mass is 9.67. The van der Waals surface area contributed by atoms with E-state index in [4.69, 9.17) is 4.98 Å². The molecule has 9 nitrogen and oxygen atoms in total. The molecule has 3 aromatic heterocycles. The number of nitrogens with one attached hydrogen (secondary N) is 1. The molecule has 2 aliphatic heterocycles. The number of hydrogen-bond donors (Lipinski definition) is 1. The van der Waals surface area contributed by atoms with E-state index in [2.05, 4.69) is 50.1 Å². The number of carbonyl (C=O) groups is 1. The Balaban J connectivity index is 1.24. The minimum Gasteiger partial charge on any atom is -0.368 e. The van der Waals surface area contributed by atoms with Crippen molar-refractivity contribution in [3.63, 3.8) is 0 Å². The molecule has 3 aliphatic rings. The van der Waals surface area contributed by atoms with Crippen LogP contribution in [0.2, 0.25) is 0 Å². The van der Waals surface area contributed by atoms with Gasteiger partial charge in [0.15, 0.2) is 0 Å². The van der Waals surface area contributed by atoms with Gasteiger partial charge in [-0.3, -0.25) is 9.69 Å². The molecule has 1 N–H and O–H groups in total. The summed E-state index contributed by atoms with van der Waals surface area (Å²) in [5.74, 6) is 1.26. The average Bonchev–Trinajstić information content (AvgIpc) is 3.28. The number of nitrogens with zero attached hydrogens (tertiary/aromatic N) is 7. The number of anilines is 3. The van der Waals surface area contributed by atoms with E-state index >= 15 is 0 Å². The zero-order valence-corrected chi connectivity index (χ0v) is 20.7. The van der Waals surface area contributed by atoms with Crippen LogP contribution in [0.25, 0.3) is 11.0 Å². The third kappa shape index (κ3) is 4.05. The summed E-state index contributed by atoms with van der Waals surface area (Å²) in [5.41, 5.74) is 3.63. The van der Waals surface area contributed by atoms with Gasteiger partial charge in [-0.25, -0.2) is 19.6 Å². The van der Waals surface area contributed by atoms with Crippen molar-refractivity contribution in [3.05, 3.63) is 30.2 Å². The summed E-state index contributed by atoms with van der Waals surface area (Å²) in [7, 11) is 0. The molecule has 5 heterocycles. The van der Waals surface area contributed by atoms with E-state index in [1.807, 2.05) is 12.3 Å². The fourth-order valence-corrected chi connectivity index (χ4v) is 6.14. The first-order valence-electron chi connectivity index (χ1n) is 13.0. The molecule has 0 amide bonds. The second kappa shape index (κ2) is 8.86. The molecule has 0 radical (unpaired) electrons. The van der Waals surface area contributed by atoms with Crippen LogP contribution in [0.15, 0.2) is 24.5 Å². The minimum atomic E-state index is 0.00598. The van der Waals surface area contributed by atoms with Gasteiger partial charge in [-0.1, -0.05) is 19.3 Å². The summed E-state index contributed by atoms with van der Waals surface area (Å²) >= 11 is 0. The first kappa shape index (κ1) is 22.4. The topological polar surface area (TPSA) is 92.1 Å². The van der Waals surface area contributed by atoms with E-state index in [9.17, 15) is 4.79 Å². The summed E-state index contributed by atoms with van der Waals surface area (Å²) in [6, 6.07) is 4.68. The second-order valence-electron chi connectivity index (χ2n) is 10.6. The van der Waals surface area contributed by atoms with Gasteiger partial charge in [-0.15, -0.1) is 0 Å². The van der Waals surface area contributed by atoms with Crippen LogP contribution in [0.1, 0.15) is 69.3 Å². The molecule has 0 unspecified atom stereocenters. The predicted molar refractivity (Wildman–Crippen MR) is 136 cm³/mol. The van der Waals surface area contributed by atoms with Gasteiger partial charge < -0.3 is 10.2 Å². The minimum absolute atomic E-state index is 0.00598. The largest absolute Gasteiger partial charge is 0.368 e. The number of aromatic nitrogens is 5. The van der Waals surface area contributed by atoms with E-state index in [1.165, 1.54) is 19.3 Å². The molecule has 1 aliphatic carbocycles. The number of pyridine rings is 1. The maximum atomic E-state index is 12.7. The first-order chi connectivity index (χ1) is 17.0. The van der Waals surface area contributed by atoms with Crippen molar-refractivity contribution < 1.29 is 4.79 Å². The third-order valence-electron chi connectivity index (χ3n) is 8.18. The molecule has 184 valence electrons. The van der Waals surface area contributed by atoms with E-state index in [-0.39, 0.29) is 11.3 Å². The SMILES string of the molecule is CC(C)N1CCN(c2ccc(Nc3ncc4nn5c(c4n3)C3(CCCCC3)CCC5=O)nc2)CC1. The van der Waals surface area contributed by atoms with Crippen LogP contribution in [0.4, 0.5) is 17.5 Å². The summed E-state index contributed by atoms with van der Waals surface area (Å²) in [6.45, 7) is 8.68. The molecule has 1 spiro atoms. The maximum Gasteiger partial charge on any atom is 0.247 e. The zero-order chi connectivity index (χ0) is 24.0. The van der Waals surface area contributed by atoms with Crippen LogP contribution in [-0.4, -0.2) is 67.8 Å². The van der Waals surface area contributed by atoms with Crippen molar-refractivity contribution in [3.8, 4) is 0 Å². The average molecular weight is 475 g/mol. The van der Waals surface area contributed by atoms with Crippen molar-refractivity contribution in [2.45, 2.75) is 70.3 Å². The monoisotopic (exact) mass is 474 g/mol. The summed E-state index contributed by atoms with van der Waals surface area (Å²) in [5, 5.41) is 7.87. The lowest BCUT2D eigenvalue weighted by Crippen LogP contribution is -2.48. The van der Waals surface area contributed by atoms with E-state index in [1.54, 1.807) is 10.9 Å². The molecule has 1 saturated heterocycles. The highest BCUT2D eigenvalue weighted by atomic mass is 16.2. The summed E-state index contributed by atoms with van der Waals surface area (Å²) < 4.78 is 1.63. The Morgan fingerprint density at radius 1 is 0.971 bits per heavy atom. The van der Waals surface area contributed by atoms with Crippen LogP contribution in [0.3, 0.4) is 0 Å². The molecule has 2 fully saturated rings. The Kier molecular flexibility index (Phi) is 5.67. The highest BCUT2D eigenvalue weighted by Crippen LogP contribution is 2.47. The molecule has 1 saturated carbocycles. The Morgan fingerprint density at radius 2 is 1.77 bits per heavy atom. The summed E-state index contributed by atoms with van der Waals surface area (Å²) in [6.07, 6.45) is 10.9. The van der Waals surface area contributed by atoms with Crippen LogP contribution in [0.5, 0.6) is 0 Å². The van der Waals surface area contributed by atoms with Crippen molar-refractivity contribution in [1.82, 2.24) is 29.6 Å². The van der Waals surface area contributed by atoms with Crippen molar-refractivity contribution in [2.75, 3.05) is 36.4 Å². The van der Waals surface area contributed by atoms with Crippen LogP contribution >= 0.6 is 0 Å². The van der Waals surface area contributed by atoms with E-state index in [0.717, 1.165) is 62.3 Å². The van der Waals surface area contributed by atoms with Gasteiger partial charge in [0, 0.05) is 44.1 Å². The molecule has 3 aromatic rings. The fourth-order valence-electron chi connectivity index (χ4n) is 6.14. The third-order valence-corrected chi connectivity index (χ3v) is 8.18. The molecule has 35 heavy (non-hydrogen) atoms. The van der Waals surface area contributed by atoms with Gasteiger partial charge in [0.25, 0.3) is 0 Å². The number of rotatable bonds is 4. The number of piperazine rings is 1. The van der Waals surface area contributed by atoms with E-state index < -0.39 is 0 Å². The van der Waals surface area contributed by atoms with Gasteiger partial charge in [-0.05, 0) is 45.2 Å². The standard InChI is InChI=1S/C26H34N8O/c1-18(2)32-12-14-33(15-13-32)19-6-7-21(27-16-19)29-25-28-17-20-23(30-25)24-26(9-4-3-5-10-26)11-8-22(35)34(24)31-20/h6-7,16-18H,3-5,8-15H2,1-2H3,(H,27,29,30). The van der Waals surface area contributed by atoms with Crippen LogP contribution in [0, 0.1) is 0 Å². The number of carbonyl (C=O) groups excluding carboxylic acids is 1. The lowest BCUT2D eigenvalue weighted by Gasteiger charge is -2.40. The molecule has 0 aromatic carbocycles. The predicted octanol–water partition coefficient (Wildman–Crippen LogP) is 4.13. The molecule has 9 heteroatoms. The molecule has 6 rings (SSSR count). The molecular formula is C26H34N8O. The fraction of sp³-hybridized carbons (Fsp3) is 0.577.